The summed E-state index contributed by atoms with van der Waals surface area (Å²) in [6, 6.07) is 7.66. The lowest BCUT2D eigenvalue weighted by Crippen LogP contribution is -2.42. The van der Waals surface area contributed by atoms with Gasteiger partial charge in [-0.15, -0.1) is 11.3 Å². The maximum Gasteiger partial charge on any atom is 0.279 e. The standard InChI is InChI=1S/C18H19N3O4S/c22-17(10-12-6-8-14(9-7-12)21(24)25)19-20-18(23)16-11-13-4-2-1-3-5-15(13)26-16/h6-9,11H,1-5,10H2,(H,19,22)(H,20,23). The first-order valence-corrected chi connectivity index (χ1v) is 9.28. The SMILES string of the molecule is O=C(Cc1ccc([N+](=O)[O-])cc1)NNC(=O)c1cc2c(s1)CCCCC2. The van der Waals surface area contributed by atoms with Crippen molar-refractivity contribution in [2.45, 2.75) is 38.5 Å². The molecule has 0 aliphatic heterocycles. The van der Waals surface area contributed by atoms with Crippen LogP contribution in [0.5, 0.6) is 0 Å². The van der Waals surface area contributed by atoms with Gasteiger partial charge in [-0.3, -0.25) is 30.6 Å². The Hall–Kier alpha value is -2.74. The quantitative estimate of drug-likeness (QED) is 0.489. The van der Waals surface area contributed by atoms with Crippen molar-refractivity contribution in [3.05, 3.63) is 61.3 Å². The third kappa shape index (κ3) is 4.45. The molecule has 1 heterocycles. The molecule has 8 heteroatoms. The van der Waals surface area contributed by atoms with Gasteiger partial charge in [0.2, 0.25) is 5.91 Å². The lowest BCUT2D eigenvalue weighted by molar-refractivity contribution is -0.384. The highest BCUT2D eigenvalue weighted by Crippen LogP contribution is 2.28. The molecule has 0 bridgehead atoms. The van der Waals surface area contributed by atoms with E-state index in [1.807, 2.05) is 6.07 Å². The van der Waals surface area contributed by atoms with Crippen LogP contribution >= 0.6 is 11.3 Å². The number of carbonyl (C=O) groups is 2. The lowest BCUT2D eigenvalue weighted by Gasteiger charge is -2.06. The topological polar surface area (TPSA) is 101 Å². The molecular formula is C18H19N3O4S. The minimum absolute atomic E-state index is 0.0270. The van der Waals surface area contributed by atoms with E-state index in [1.165, 1.54) is 52.5 Å². The van der Waals surface area contributed by atoms with Crippen LogP contribution in [0.2, 0.25) is 0 Å². The van der Waals surface area contributed by atoms with E-state index in [9.17, 15) is 19.7 Å². The summed E-state index contributed by atoms with van der Waals surface area (Å²) in [5.74, 6) is -0.703. The average Bonchev–Trinajstić information content (AvgIpc) is 2.91. The second kappa shape index (κ2) is 8.09. The van der Waals surface area contributed by atoms with Crippen molar-refractivity contribution in [2.24, 2.45) is 0 Å². The molecular weight excluding hydrogens is 354 g/mol. The van der Waals surface area contributed by atoms with Gasteiger partial charge in [0, 0.05) is 17.0 Å². The number of thiophene rings is 1. The summed E-state index contributed by atoms with van der Waals surface area (Å²) in [5.41, 5.74) is 6.68. The summed E-state index contributed by atoms with van der Waals surface area (Å²) >= 11 is 1.49. The molecule has 0 spiro atoms. The first kappa shape index (κ1) is 18.1. The van der Waals surface area contributed by atoms with Gasteiger partial charge in [-0.25, -0.2) is 0 Å². The van der Waals surface area contributed by atoms with E-state index in [2.05, 4.69) is 10.9 Å². The number of nitrogens with zero attached hydrogens (tertiary/aromatic N) is 1. The predicted molar refractivity (Wildman–Crippen MR) is 98.0 cm³/mol. The van der Waals surface area contributed by atoms with Gasteiger partial charge in [0.15, 0.2) is 0 Å². The highest BCUT2D eigenvalue weighted by molar-refractivity contribution is 7.14. The molecule has 1 aliphatic rings. The summed E-state index contributed by atoms with van der Waals surface area (Å²) in [5, 5.41) is 10.6. The molecule has 0 fully saturated rings. The van der Waals surface area contributed by atoms with Crippen LogP contribution in [0, 0.1) is 10.1 Å². The van der Waals surface area contributed by atoms with Gasteiger partial charge in [0.1, 0.15) is 0 Å². The number of aryl methyl sites for hydroxylation is 2. The van der Waals surface area contributed by atoms with Crippen molar-refractivity contribution in [1.82, 2.24) is 10.9 Å². The van der Waals surface area contributed by atoms with E-state index in [-0.39, 0.29) is 23.9 Å². The zero-order valence-electron chi connectivity index (χ0n) is 14.1. The molecule has 0 radical (unpaired) electrons. The number of nitrogens with one attached hydrogen (secondary N) is 2. The number of nitro benzene ring substituents is 1. The molecule has 0 unspecified atom stereocenters. The van der Waals surface area contributed by atoms with Crippen LogP contribution in [0.4, 0.5) is 5.69 Å². The summed E-state index contributed by atoms with van der Waals surface area (Å²) in [6.45, 7) is 0. The average molecular weight is 373 g/mol. The maximum absolute atomic E-state index is 12.2. The lowest BCUT2D eigenvalue weighted by atomic mass is 10.1. The van der Waals surface area contributed by atoms with E-state index >= 15 is 0 Å². The summed E-state index contributed by atoms with van der Waals surface area (Å²) in [6.07, 6.45) is 5.57. The van der Waals surface area contributed by atoms with E-state index in [4.69, 9.17) is 0 Å². The van der Waals surface area contributed by atoms with Crippen LogP contribution in [0.1, 0.15) is 44.9 Å². The van der Waals surface area contributed by atoms with E-state index in [0.29, 0.717) is 10.4 Å². The van der Waals surface area contributed by atoms with E-state index < -0.39 is 4.92 Å². The number of rotatable bonds is 4. The first-order valence-electron chi connectivity index (χ1n) is 8.47. The monoisotopic (exact) mass is 373 g/mol. The smallest absolute Gasteiger partial charge is 0.273 e. The Morgan fingerprint density at radius 1 is 1.08 bits per heavy atom. The largest absolute Gasteiger partial charge is 0.279 e. The number of hydrogen-bond donors (Lipinski definition) is 2. The molecule has 0 saturated heterocycles. The highest BCUT2D eigenvalue weighted by atomic mass is 32.1. The zero-order valence-corrected chi connectivity index (χ0v) is 14.9. The molecule has 0 atom stereocenters. The van der Waals surface area contributed by atoms with Gasteiger partial charge < -0.3 is 0 Å². The van der Waals surface area contributed by atoms with Crippen molar-refractivity contribution in [3.8, 4) is 0 Å². The molecule has 2 amide bonds. The second-order valence-corrected chi connectivity index (χ2v) is 7.36. The number of hydrogen-bond acceptors (Lipinski definition) is 5. The normalized spacial score (nSPS) is 13.4. The number of carbonyl (C=O) groups excluding carboxylic acids is 2. The third-order valence-corrected chi connectivity index (χ3v) is 5.53. The summed E-state index contributed by atoms with van der Waals surface area (Å²) in [7, 11) is 0. The van der Waals surface area contributed by atoms with Crippen LogP contribution in [-0.4, -0.2) is 16.7 Å². The molecule has 0 saturated carbocycles. The van der Waals surface area contributed by atoms with Gasteiger partial charge >= 0.3 is 0 Å². The van der Waals surface area contributed by atoms with E-state index in [0.717, 1.165) is 25.7 Å². The molecule has 2 N–H and O–H groups in total. The number of amides is 2. The van der Waals surface area contributed by atoms with Crippen molar-refractivity contribution in [1.29, 1.82) is 0 Å². The van der Waals surface area contributed by atoms with Gasteiger partial charge in [0.25, 0.3) is 11.6 Å². The number of non-ortho nitro benzene ring substituents is 1. The molecule has 26 heavy (non-hydrogen) atoms. The van der Waals surface area contributed by atoms with Crippen molar-refractivity contribution in [3.63, 3.8) is 0 Å². The van der Waals surface area contributed by atoms with Crippen LogP contribution in [-0.2, 0) is 24.1 Å². The maximum atomic E-state index is 12.2. The van der Waals surface area contributed by atoms with Crippen LogP contribution in [0.15, 0.2) is 30.3 Å². The fraction of sp³-hybridized carbons (Fsp3) is 0.333. The fourth-order valence-corrected chi connectivity index (χ4v) is 4.08. The minimum Gasteiger partial charge on any atom is -0.273 e. The van der Waals surface area contributed by atoms with E-state index in [1.54, 1.807) is 0 Å². The molecule has 1 aliphatic carbocycles. The van der Waals surface area contributed by atoms with Crippen molar-refractivity contribution in [2.75, 3.05) is 0 Å². The predicted octanol–water partition coefficient (Wildman–Crippen LogP) is 2.93. The molecule has 7 nitrogen and oxygen atoms in total. The van der Waals surface area contributed by atoms with Crippen LogP contribution in [0.25, 0.3) is 0 Å². The Morgan fingerprint density at radius 3 is 2.54 bits per heavy atom. The number of benzene rings is 1. The van der Waals surface area contributed by atoms with Crippen molar-refractivity contribution < 1.29 is 14.5 Å². The second-order valence-electron chi connectivity index (χ2n) is 6.22. The van der Waals surface area contributed by atoms with Crippen LogP contribution in [0.3, 0.4) is 0 Å². The zero-order chi connectivity index (χ0) is 18.5. The Labute approximate surface area is 154 Å². The molecule has 2 aromatic rings. The molecule has 1 aromatic heterocycles. The summed E-state index contributed by atoms with van der Waals surface area (Å²) in [4.78, 5) is 36.2. The Kier molecular flexibility index (Phi) is 5.62. The highest BCUT2D eigenvalue weighted by Gasteiger charge is 2.17. The summed E-state index contributed by atoms with van der Waals surface area (Å²) < 4.78 is 0. The number of nitro groups is 1. The number of hydrazine groups is 1. The van der Waals surface area contributed by atoms with Crippen molar-refractivity contribution >= 4 is 28.8 Å². The van der Waals surface area contributed by atoms with Crippen LogP contribution < -0.4 is 10.9 Å². The Balaban J connectivity index is 1.52. The Bertz CT molecular complexity index is 806. The Morgan fingerprint density at radius 2 is 1.81 bits per heavy atom. The molecule has 3 rings (SSSR count). The fourth-order valence-electron chi connectivity index (χ4n) is 2.93. The van der Waals surface area contributed by atoms with Gasteiger partial charge in [-0.1, -0.05) is 18.6 Å². The minimum atomic E-state index is -0.493. The van der Waals surface area contributed by atoms with Gasteiger partial charge in [-0.05, 0) is 42.9 Å². The van der Waals surface area contributed by atoms with Gasteiger partial charge in [-0.2, -0.15) is 0 Å². The molecule has 1 aromatic carbocycles. The first-order chi connectivity index (χ1) is 12.5. The van der Waals surface area contributed by atoms with Gasteiger partial charge in [0.05, 0.1) is 16.2 Å². The third-order valence-electron chi connectivity index (χ3n) is 4.30. The molecule has 136 valence electrons. The number of fused-ring (bicyclic) bond motifs is 1.